The molecule has 0 aromatic carbocycles. The Hall–Kier alpha value is -1.53. The molecular formula is C13H19F3N2O2. The Balaban J connectivity index is 2.90. The number of carbonyl (C=O) groups is 2. The molecule has 0 saturated heterocycles. The number of Topliss-reactive ketones (excluding diaryl/α,β-unsaturated/α-hetero) is 1. The SMILES string of the molecule is CC(C)C(=O)NNC1=C(C(=O)C(F)(F)F)CCCCC1. The van der Waals surface area contributed by atoms with Gasteiger partial charge in [0.1, 0.15) is 0 Å². The van der Waals surface area contributed by atoms with E-state index in [9.17, 15) is 22.8 Å². The van der Waals surface area contributed by atoms with Crippen molar-refractivity contribution in [3.63, 3.8) is 0 Å². The van der Waals surface area contributed by atoms with Crippen LogP contribution in [-0.4, -0.2) is 17.9 Å². The van der Waals surface area contributed by atoms with Gasteiger partial charge in [0.2, 0.25) is 5.91 Å². The first-order valence-electron chi connectivity index (χ1n) is 6.63. The van der Waals surface area contributed by atoms with Crippen LogP contribution in [0.25, 0.3) is 0 Å². The summed E-state index contributed by atoms with van der Waals surface area (Å²) in [5.41, 5.74) is 4.77. The smallest absolute Gasteiger partial charge is 0.302 e. The number of hydrogen-bond acceptors (Lipinski definition) is 3. The molecule has 1 aliphatic rings. The molecule has 114 valence electrons. The minimum atomic E-state index is -4.88. The first-order chi connectivity index (χ1) is 9.23. The highest BCUT2D eigenvalue weighted by Gasteiger charge is 2.41. The zero-order chi connectivity index (χ0) is 15.3. The lowest BCUT2D eigenvalue weighted by molar-refractivity contribution is -0.166. The number of rotatable bonds is 4. The average Bonchev–Trinajstić information content (AvgIpc) is 2.58. The number of ketones is 1. The number of carbonyl (C=O) groups excluding carboxylic acids is 2. The van der Waals surface area contributed by atoms with E-state index in [1.807, 2.05) is 0 Å². The van der Waals surface area contributed by atoms with Gasteiger partial charge in [-0.3, -0.25) is 15.0 Å². The van der Waals surface area contributed by atoms with Gasteiger partial charge in [-0.2, -0.15) is 13.2 Å². The first kappa shape index (κ1) is 16.5. The Kier molecular flexibility index (Phi) is 5.59. The van der Waals surface area contributed by atoms with Crippen molar-refractivity contribution in [2.45, 2.75) is 52.1 Å². The summed E-state index contributed by atoms with van der Waals surface area (Å²) in [6, 6.07) is 0. The minimum absolute atomic E-state index is 0.0816. The van der Waals surface area contributed by atoms with Crippen LogP contribution >= 0.6 is 0 Å². The Morgan fingerprint density at radius 1 is 1.10 bits per heavy atom. The molecule has 0 radical (unpaired) electrons. The zero-order valence-electron chi connectivity index (χ0n) is 11.6. The molecule has 0 aromatic heterocycles. The largest absolute Gasteiger partial charge is 0.454 e. The molecule has 20 heavy (non-hydrogen) atoms. The number of hydrogen-bond donors (Lipinski definition) is 2. The fraction of sp³-hybridized carbons (Fsp3) is 0.692. The number of alkyl halides is 3. The summed E-state index contributed by atoms with van der Waals surface area (Å²) >= 11 is 0. The van der Waals surface area contributed by atoms with Crippen LogP contribution in [0.5, 0.6) is 0 Å². The summed E-state index contributed by atoms with van der Waals surface area (Å²) in [4.78, 5) is 22.9. The summed E-state index contributed by atoms with van der Waals surface area (Å²) in [7, 11) is 0. The minimum Gasteiger partial charge on any atom is -0.302 e. The molecule has 1 rings (SSSR count). The summed E-state index contributed by atoms with van der Waals surface area (Å²) < 4.78 is 37.7. The molecule has 2 N–H and O–H groups in total. The van der Waals surface area contributed by atoms with Gasteiger partial charge in [-0.15, -0.1) is 0 Å². The van der Waals surface area contributed by atoms with Crippen molar-refractivity contribution in [2.75, 3.05) is 0 Å². The lowest BCUT2D eigenvalue weighted by atomic mass is 10.0. The second-order valence-corrected chi connectivity index (χ2v) is 5.11. The van der Waals surface area contributed by atoms with Crippen molar-refractivity contribution < 1.29 is 22.8 Å². The van der Waals surface area contributed by atoms with Gasteiger partial charge in [0.05, 0.1) is 0 Å². The van der Waals surface area contributed by atoms with Gasteiger partial charge in [0.15, 0.2) is 0 Å². The third kappa shape index (κ3) is 4.54. The van der Waals surface area contributed by atoms with E-state index in [0.29, 0.717) is 19.3 Å². The highest BCUT2D eigenvalue weighted by Crippen LogP contribution is 2.29. The van der Waals surface area contributed by atoms with Crippen LogP contribution in [0, 0.1) is 5.92 Å². The van der Waals surface area contributed by atoms with Crippen LogP contribution in [0.4, 0.5) is 13.2 Å². The fourth-order valence-electron chi connectivity index (χ4n) is 1.92. The standard InChI is InChI=1S/C13H19F3N2O2/c1-8(2)12(20)18-17-10-7-5-3-4-6-9(10)11(19)13(14,15)16/h8,17H,3-7H2,1-2H3,(H,18,20). The number of halogens is 3. The molecular weight excluding hydrogens is 273 g/mol. The molecule has 7 heteroatoms. The van der Waals surface area contributed by atoms with E-state index < -0.39 is 12.0 Å². The maximum absolute atomic E-state index is 12.6. The number of nitrogens with one attached hydrogen (secondary N) is 2. The number of allylic oxidation sites excluding steroid dienone is 2. The van der Waals surface area contributed by atoms with Gasteiger partial charge < -0.3 is 5.43 Å². The van der Waals surface area contributed by atoms with Crippen molar-refractivity contribution in [1.82, 2.24) is 10.9 Å². The normalized spacial score (nSPS) is 16.9. The Labute approximate surface area is 115 Å². The summed E-state index contributed by atoms with van der Waals surface area (Å²) in [6.07, 6.45) is -2.48. The highest BCUT2D eigenvalue weighted by atomic mass is 19.4. The molecule has 0 atom stereocenters. The monoisotopic (exact) mass is 292 g/mol. The van der Waals surface area contributed by atoms with E-state index in [-0.39, 0.29) is 29.5 Å². The second kappa shape index (κ2) is 6.76. The summed E-state index contributed by atoms with van der Waals surface area (Å²) in [5, 5.41) is 0. The number of amides is 1. The molecule has 0 bridgehead atoms. The third-order valence-electron chi connectivity index (χ3n) is 3.11. The van der Waals surface area contributed by atoms with Crippen molar-refractivity contribution in [3.05, 3.63) is 11.3 Å². The van der Waals surface area contributed by atoms with Crippen molar-refractivity contribution >= 4 is 11.7 Å². The van der Waals surface area contributed by atoms with Crippen LogP contribution in [0.3, 0.4) is 0 Å². The molecule has 0 aliphatic heterocycles. The van der Waals surface area contributed by atoms with E-state index >= 15 is 0 Å². The van der Waals surface area contributed by atoms with E-state index in [0.717, 1.165) is 6.42 Å². The van der Waals surface area contributed by atoms with Gasteiger partial charge in [-0.25, -0.2) is 0 Å². The van der Waals surface area contributed by atoms with E-state index in [1.165, 1.54) is 0 Å². The Bertz CT molecular complexity index is 414. The summed E-state index contributed by atoms with van der Waals surface area (Å²) in [6.45, 7) is 3.33. The third-order valence-corrected chi connectivity index (χ3v) is 3.11. The lowest BCUT2D eigenvalue weighted by Gasteiger charge is -2.17. The van der Waals surface area contributed by atoms with Crippen molar-refractivity contribution in [2.24, 2.45) is 5.92 Å². The summed E-state index contributed by atoms with van der Waals surface area (Å²) in [5.74, 6) is -2.45. The van der Waals surface area contributed by atoms with Gasteiger partial charge in [-0.05, 0) is 25.7 Å². The van der Waals surface area contributed by atoms with Crippen LogP contribution in [-0.2, 0) is 9.59 Å². The van der Waals surface area contributed by atoms with E-state index in [1.54, 1.807) is 13.8 Å². The number of hydrazine groups is 1. The van der Waals surface area contributed by atoms with Gasteiger partial charge in [0.25, 0.3) is 5.78 Å². The van der Waals surface area contributed by atoms with Gasteiger partial charge in [0, 0.05) is 17.2 Å². The quantitative estimate of drug-likeness (QED) is 0.783. The lowest BCUT2D eigenvalue weighted by Crippen LogP contribution is -2.40. The van der Waals surface area contributed by atoms with E-state index in [2.05, 4.69) is 10.9 Å². The molecule has 0 fully saturated rings. The molecule has 0 spiro atoms. The van der Waals surface area contributed by atoms with Crippen LogP contribution in [0.15, 0.2) is 11.3 Å². The second-order valence-electron chi connectivity index (χ2n) is 5.11. The predicted octanol–water partition coefficient (Wildman–Crippen LogP) is 2.61. The average molecular weight is 292 g/mol. The van der Waals surface area contributed by atoms with Crippen molar-refractivity contribution in [3.8, 4) is 0 Å². The highest BCUT2D eigenvalue weighted by molar-refractivity contribution is 6.00. The van der Waals surface area contributed by atoms with Crippen LogP contribution < -0.4 is 10.9 Å². The molecule has 0 saturated carbocycles. The first-order valence-corrected chi connectivity index (χ1v) is 6.63. The maximum atomic E-state index is 12.6. The van der Waals surface area contributed by atoms with E-state index in [4.69, 9.17) is 0 Å². The van der Waals surface area contributed by atoms with Crippen LogP contribution in [0.2, 0.25) is 0 Å². The molecule has 4 nitrogen and oxygen atoms in total. The van der Waals surface area contributed by atoms with Gasteiger partial charge >= 0.3 is 6.18 Å². The molecule has 1 amide bonds. The molecule has 0 aromatic rings. The zero-order valence-corrected chi connectivity index (χ0v) is 11.6. The molecule has 0 unspecified atom stereocenters. The predicted molar refractivity (Wildman–Crippen MR) is 67.3 cm³/mol. The molecule has 1 aliphatic carbocycles. The van der Waals surface area contributed by atoms with Crippen LogP contribution in [0.1, 0.15) is 46.0 Å². The Morgan fingerprint density at radius 3 is 2.25 bits per heavy atom. The fourth-order valence-corrected chi connectivity index (χ4v) is 1.92. The van der Waals surface area contributed by atoms with Gasteiger partial charge in [-0.1, -0.05) is 20.3 Å². The maximum Gasteiger partial charge on any atom is 0.454 e. The molecule has 0 heterocycles. The van der Waals surface area contributed by atoms with Crippen molar-refractivity contribution in [1.29, 1.82) is 0 Å². The topological polar surface area (TPSA) is 58.2 Å². The Morgan fingerprint density at radius 2 is 1.70 bits per heavy atom.